The van der Waals surface area contributed by atoms with Crippen LogP contribution in [-0.4, -0.2) is 12.6 Å². The third-order valence-electron chi connectivity index (χ3n) is 1.81. The molecule has 0 heterocycles. The zero-order valence-corrected chi connectivity index (χ0v) is 9.83. The summed E-state index contributed by atoms with van der Waals surface area (Å²) in [6.45, 7) is 5.15. The van der Waals surface area contributed by atoms with E-state index < -0.39 is 5.97 Å². The maximum atomic E-state index is 11.1. The molecule has 0 saturated carbocycles. The summed E-state index contributed by atoms with van der Waals surface area (Å²) in [6.07, 6.45) is 1.76. The monoisotopic (exact) mass is 236 g/mol. The Morgan fingerprint density at radius 2 is 2.06 bits per heavy atom. The van der Waals surface area contributed by atoms with E-state index in [1.54, 1.807) is 13.0 Å². The second-order valence-corrected chi connectivity index (χ2v) is 3.84. The predicted molar refractivity (Wildman–Crippen MR) is 66.0 cm³/mol. The van der Waals surface area contributed by atoms with E-state index in [1.807, 2.05) is 30.3 Å². The Morgan fingerprint density at radius 1 is 1.44 bits per heavy atom. The predicted octanol–water partition coefficient (Wildman–Crippen LogP) is 3.39. The molecule has 0 radical (unpaired) electrons. The average Bonchev–Trinajstić information content (AvgIpc) is 2.27. The van der Waals surface area contributed by atoms with Crippen LogP contribution in [0.15, 0.2) is 47.5 Å². The van der Waals surface area contributed by atoms with Crippen LogP contribution >= 0.6 is 11.6 Å². The molecule has 1 aromatic rings. The molecule has 3 heteroatoms. The Kier molecular flexibility index (Phi) is 4.80. The van der Waals surface area contributed by atoms with Gasteiger partial charge in [0.05, 0.1) is 5.03 Å². The van der Waals surface area contributed by atoms with Crippen molar-refractivity contribution in [2.45, 2.75) is 6.92 Å². The van der Waals surface area contributed by atoms with Crippen LogP contribution in [0.1, 0.15) is 12.5 Å². The van der Waals surface area contributed by atoms with Gasteiger partial charge in [-0.3, -0.25) is 0 Å². The van der Waals surface area contributed by atoms with Crippen molar-refractivity contribution in [2.75, 3.05) is 6.61 Å². The molecule has 84 valence electrons. The van der Waals surface area contributed by atoms with Gasteiger partial charge in [0.1, 0.15) is 6.61 Å². The number of carbonyl (C=O) groups excluding carboxylic acids is 1. The average molecular weight is 237 g/mol. The number of carbonyl (C=O) groups is 1. The SMILES string of the molecule is C=C(C)C(=O)OC/C(Cl)=C/c1ccccc1. The topological polar surface area (TPSA) is 26.3 Å². The van der Waals surface area contributed by atoms with Crippen LogP contribution in [0.2, 0.25) is 0 Å². The zero-order valence-electron chi connectivity index (χ0n) is 9.07. The van der Waals surface area contributed by atoms with Gasteiger partial charge in [-0.1, -0.05) is 48.5 Å². The van der Waals surface area contributed by atoms with E-state index in [4.69, 9.17) is 16.3 Å². The summed E-state index contributed by atoms with van der Waals surface area (Å²) in [5.74, 6) is -0.431. The van der Waals surface area contributed by atoms with Crippen LogP contribution < -0.4 is 0 Å². The molecule has 0 aromatic heterocycles. The van der Waals surface area contributed by atoms with E-state index in [9.17, 15) is 4.79 Å². The van der Waals surface area contributed by atoms with Crippen molar-refractivity contribution in [1.82, 2.24) is 0 Å². The molecule has 0 aliphatic carbocycles. The molecule has 0 bridgehead atoms. The highest BCUT2D eigenvalue weighted by Crippen LogP contribution is 2.10. The number of rotatable bonds is 4. The first-order valence-corrected chi connectivity index (χ1v) is 5.21. The van der Waals surface area contributed by atoms with Crippen LogP contribution in [0.25, 0.3) is 6.08 Å². The highest BCUT2D eigenvalue weighted by Gasteiger charge is 2.03. The Morgan fingerprint density at radius 3 is 2.62 bits per heavy atom. The van der Waals surface area contributed by atoms with Gasteiger partial charge in [-0.15, -0.1) is 0 Å². The molecule has 2 nitrogen and oxygen atoms in total. The van der Waals surface area contributed by atoms with Crippen molar-refractivity contribution >= 4 is 23.6 Å². The van der Waals surface area contributed by atoms with Gasteiger partial charge in [0.2, 0.25) is 0 Å². The van der Waals surface area contributed by atoms with Crippen LogP contribution in [0, 0.1) is 0 Å². The lowest BCUT2D eigenvalue weighted by Gasteiger charge is -2.03. The van der Waals surface area contributed by atoms with Gasteiger partial charge in [0.25, 0.3) is 0 Å². The largest absolute Gasteiger partial charge is 0.457 e. The molecule has 0 fully saturated rings. The van der Waals surface area contributed by atoms with Crippen LogP contribution in [0.3, 0.4) is 0 Å². The van der Waals surface area contributed by atoms with E-state index in [0.29, 0.717) is 10.6 Å². The van der Waals surface area contributed by atoms with Gasteiger partial charge in [-0.25, -0.2) is 4.79 Å². The smallest absolute Gasteiger partial charge is 0.333 e. The number of esters is 1. The number of hydrogen-bond donors (Lipinski definition) is 0. The molecule has 0 unspecified atom stereocenters. The van der Waals surface area contributed by atoms with E-state index in [2.05, 4.69) is 6.58 Å². The van der Waals surface area contributed by atoms with Gasteiger partial charge >= 0.3 is 5.97 Å². The molecular weight excluding hydrogens is 224 g/mol. The minimum absolute atomic E-state index is 0.0716. The number of hydrogen-bond acceptors (Lipinski definition) is 2. The Balaban J connectivity index is 2.53. The van der Waals surface area contributed by atoms with Gasteiger partial charge in [-0.2, -0.15) is 0 Å². The van der Waals surface area contributed by atoms with E-state index in [0.717, 1.165) is 5.56 Å². The molecule has 0 amide bonds. The minimum Gasteiger partial charge on any atom is -0.457 e. The van der Waals surface area contributed by atoms with Crippen LogP contribution in [0.5, 0.6) is 0 Å². The molecule has 0 atom stereocenters. The molecule has 16 heavy (non-hydrogen) atoms. The summed E-state index contributed by atoms with van der Waals surface area (Å²) in [6, 6.07) is 9.59. The van der Waals surface area contributed by atoms with Gasteiger partial charge in [-0.05, 0) is 18.6 Å². The van der Waals surface area contributed by atoms with Crippen molar-refractivity contribution in [3.05, 3.63) is 53.1 Å². The Hall–Kier alpha value is -1.54. The molecular formula is C13H13ClO2. The first-order chi connectivity index (χ1) is 7.59. The minimum atomic E-state index is -0.431. The van der Waals surface area contributed by atoms with E-state index >= 15 is 0 Å². The molecule has 0 aliphatic rings. The lowest BCUT2D eigenvalue weighted by Crippen LogP contribution is -2.06. The summed E-state index contributed by atoms with van der Waals surface area (Å²) in [4.78, 5) is 11.1. The van der Waals surface area contributed by atoms with Gasteiger partial charge in [0, 0.05) is 5.57 Å². The maximum Gasteiger partial charge on any atom is 0.333 e. The van der Waals surface area contributed by atoms with E-state index in [-0.39, 0.29) is 6.61 Å². The second-order valence-electron chi connectivity index (χ2n) is 3.36. The molecule has 0 spiro atoms. The van der Waals surface area contributed by atoms with Gasteiger partial charge in [0.15, 0.2) is 0 Å². The normalized spacial score (nSPS) is 11.0. The molecule has 1 aromatic carbocycles. The molecule has 1 rings (SSSR count). The van der Waals surface area contributed by atoms with Crippen molar-refractivity contribution in [1.29, 1.82) is 0 Å². The fourth-order valence-electron chi connectivity index (χ4n) is 1.03. The standard InChI is InChI=1S/C13H13ClO2/c1-10(2)13(15)16-9-12(14)8-11-6-4-3-5-7-11/h3-8H,1,9H2,2H3/b12-8-. The van der Waals surface area contributed by atoms with Crippen molar-refractivity contribution in [3.8, 4) is 0 Å². The molecule has 0 N–H and O–H groups in total. The highest BCUT2D eigenvalue weighted by atomic mass is 35.5. The first-order valence-electron chi connectivity index (χ1n) is 4.83. The van der Waals surface area contributed by atoms with Crippen molar-refractivity contribution in [2.24, 2.45) is 0 Å². The summed E-state index contributed by atoms with van der Waals surface area (Å²) in [7, 11) is 0. The zero-order chi connectivity index (χ0) is 12.0. The summed E-state index contributed by atoms with van der Waals surface area (Å²) < 4.78 is 4.90. The van der Waals surface area contributed by atoms with Crippen LogP contribution in [0.4, 0.5) is 0 Å². The number of benzene rings is 1. The fraction of sp³-hybridized carbons (Fsp3) is 0.154. The summed E-state index contributed by atoms with van der Waals surface area (Å²) in [5.41, 5.74) is 1.34. The first kappa shape index (κ1) is 12.5. The quantitative estimate of drug-likeness (QED) is 0.592. The second kappa shape index (κ2) is 6.13. The number of halogens is 1. The third kappa shape index (κ3) is 4.32. The molecule has 0 saturated heterocycles. The molecule has 0 aliphatic heterocycles. The Bertz CT molecular complexity index is 407. The lowest BCUT2D eigenvalue weighted by atomic mass is 10.2. The van der Waals surface area contributed by atoms with Crippen molar-refractivity contribution in [3.63, 3.8) is 0 Å². The van der Waals surface area contributed by atoms with Crippen LogP contribution in [-0.2, 0) is 9.53 Å². The Labute approximate surface area is 100 Å². The third-order valence-corrected chi connectivity index (χ3v) is 2.03. The maximum absolute atomic E-state index is 11.1. The number of ether oxygens (including phenoxy) is 1. The lowest BCUT2D eigenvalue weighted by molar-refractivity contribution is -0.137. The van der Waals surface area contributed by atoms with Crippen molar-refractivity contribution < 1.29 is 9.53 Å². The fourth-order valence-corrected chi connectivity index (χ4v) is 1.21. The highest BCUT2D eigenvalue weighted by molar-refractivity contribution is 6.31. The van der Waals surface area contributed by atoms with Gasteiger partial charge < -0.3 is 4.74 Å². The van der Waals surface area contributed by atoms with E-state index in [1.165, 1.54) is 0 Å². The summed E-state index contributed by atoms with van der Waals surface area (Å²) in [5, 5.41) is 0.473. The summed E-state index contributed by atoms with van der Waals surface area (Å²) >= 11 is 5.92.